The lowest BCUT2D eigenvalue weighted by Gasteiger charge is -2.22. The van der Waals surface area contributed by atoms with Crippen LogP contribution in [0.3, 0.4) is 0 Å². The molecule has 4 rings (SSSR count). The third-order valence-electron chi connectivity index (χ3n) is 5.55. The van der Waals surface area contributed by atoms with Crippen LogP contribution in [-0.4, -0.2) is 24.5 Å². The molecule has 1 fully saturated rings. The minimum Gasteiger partial charge on any atom is -0.481 e. The van der Waals surface area contributed by atoms with Crippen LogP contribution in [0.15, 0.2) is 42.5 Å². The van der Waals surface area contributed by atoms with E-state index in [4.69, 9.17) is 4.74 Å². The number of carbonyl (C=O) groups is 2. The van der Waals surface area contributed by atoms with Gasteiger partial charge in [-0.15, -0.1) is 0 Å². The maximum Gasteiger partial charge on any atom is 0.265 e. The number of rotatable bonds is 5. The predicted molar refractivity (Wildman–Crippen MR) is 110 cm³/mol. The van der Waals surface area contributed by atoms with Crippen molar-refractivity contribution in [2.45, 2.75) is 51.6 Å². The number of nitrogens with one attached hydrogen (secondary N) is 1. The van der Waals surface area contributed by atoms with Crippen molar-refractivity contribution in [1.82, 2.24) is 0 Å². The van der Waals surface area contributed by atoms with Crippen LogP contribution in [0.5, 0.6) is 5.75 Å². The largest absolute Gasteiger partial charge is 0.481 e. The van der Waals surface area contributed by atoms with E-state index in [1.54, 1.807) is 11.8 Å². The van der Waals surface area contributed by atoms with Crippen LogP contribution in [0.4, 0.5) is 11.4 Å². The standard InChI is InChI=1S/C23H26N2O3/c1-16(28-21-9-4-7-17-6-2-3-8-20(17)21)23(27)24-18-11-13-19(14-12-18)25-15-5-10-22(25)26/h4,7,9,11-14,16H,2-3,5-6,8,10,15H2,1H3,(H,24,27)/t16-/m0/s1. The maximum atomic E-state index is 12.6. The Morgan fingerprint density at radius 1 is 1.04 bits per heavy atom. The third kappa shape index (κ3) is 3.88. The quantitative estimate of drug-likeness (QED) is 0.852. The average Bonchev–Trinajstić information content (AvgIpc) is 3.14. The number of hydrogen-bond donors (Lipinski definition) is 1. The van der Waals surface area contributed by atoms with Gasteiger partial charge >= 0.3 is 0 Å². The van der Waals surface area contributed by atoms with Gasteiger partial charge < -0.3 is 15.0 Å². The first-order valence-electron chi connectivity index (χ1n) is 10.1. The second-order valence-electron chi connectivity index (χ2n) is 7.55. The van der Waals surface area contributed by atoms with Crippen molar-refractivity contribution in [1.29, 1.82) is 0 Å². The van der Waals surface area contributed by atoms with E-state index in [2.05, 4.69) is 11.4 Å². The fourth-order valence-electron chi connectivity index (χ4n) is 3.99. The molecule has 2 aliphatic rings. The Morgan fingerprint density at radius 2 is 1.82 bits per heavy atom. The molecule has 1 atom stereocenters. The highest BCUT2D eigenvalue weighted by Gasteiger charge is 2.22. The highest BCUT2D eigenvalue weighted by Crippen LogP contribution is 2.30. The molecule has 0 saturated carbocycles. The lowest BCUT2D eigenvalue weighted by molar-refractivity contribution is -0.122. The van der Waals surface area contributed by atoms with Crippen LogP contribution < -0.4 is 15.0 Å². The molecule has 0 radical (unpaired) electrons. The van der Waals surface area contributed by atoms with Crippen molar-refractivity contribution in [3.63, 3.8) is 0 Å². The second kappa shape index (κ2) is 8.05. The third-order valence-corrected chi connectivity index (χ3v) is 5.55. The number of benzene rings is 2. The van der Waals surface area contributed by atoms with Crippen molar-refractivity contribution < 1.29 is 14.3 Å². The number of nitrogens with zero attached hydrogens (tertiary/aromatic N) is 1. The molecule has 0 bridgehead atoms. The molecule has 1 aliphatic carbocycles. The summed E-state index contributed by atoms with van der Waals surface area (Å²) < 4.78 is 6.00. The molecule has 1 aliphatic heterocycles. The minimum absolute atomic E-state index is 0.157. The first-order chi connectivity index (χ1) is 13.6. The molecule has 146 valence electrons. The summed E-state index contributed by atoms with van der Waals surface area (Å²) in [6.07, 6.45) is 5.39. The molecule has 0 aromatic heterocycles. The summed E-state index contributed by atoms with van der Waals surface area (Å²) in [7, 11) is 0. The number of fused-ring (bicyclic) bond motifs is 1. The lowest BCUT2D eigenvalue weighted by atomic mass is 9.91. The van der Waals surface area contributed by atoms with Gasteiger partial charge in [0.15, 0.2) is 6.10 Å². The Hall–Kier alpha value is -2.82. The number of ether oxygens (including phenoxy) is 1. The average molecular weight is 378 g/mol. The highest BCUT2D eigenvalue weighted by atomic mass is 16.5. The molecule has 2 amide bonds. The van der Waals surface area contributed by atoms with Crippen LogP contribution in [-0.2, 0) is 22.4 Å². The van der Waals surface area contributed by atoms with E-state index >= 15 is 0 Å². The Balaban J connectivity index is 1.39. The molecule has 2 aromatic carbocycles. The van der Waals surface area contributed by atoms with Gasteiger partial charge in [0.2, 0.25) is 5.91 Å². The number of hydrogen-bond acceptors (Lipinski definition) is 3. The summed E-state index contributed by atoms with van der Waals surface area (Å²) in [5.41, 5.74) is 4.16. The zero-order valence-electron chi connectivity index (χ0n) is 16.2. The summed E-state index contributed by atoms with van der Waals surface area (Å²) >= 11 is 0. The first kappa shape index (κ1) is 18.5. The molecule has 5 nitrogen and oxygen atoms in total. The van der Waals surface area contributed by atoms with Crippen LogP contribution in [0.1, 0.15) is 43.7 Å². The molecule has 1 N–H and O–H groups in total. The van der Waals surface area contributed by atoms with Crippen LogP contribution in [0, 0.1) is 0 Å². The van der Waals surface area contributed by atoms with Gasteiger partial charge in [0, 0.05) is 24.3 Å². The van der Waals surface area contributed by atoms with Crippen molar-refractivity contribution in [3.8, 4) is 5.75 Å². The van der Waals surface area contributed by atoms with Crippen molar-refractivity contribution >= 4 is 23.2 Å². The normalized spacial score (nSPS) is 17.2. The zero-order chi connectivity index (χ0) is 19.5. The van der Waals surface area contributed by atoms with Crippen molar-refractivity contribution in [3.05, 3.63) is 53.6 Å². The highest BCUT2D eigenvalue weighted by molar-refractivity contribution is 5.96. The van der Waals surface area contributed by atoms with Gasteiger partial charge in [-0.25, -0.2) is 0 Å². The number of amides is 2. The molecule has 5 heteroatoms. The van der Waals surface area contributed by atoms with Gasteiger partial charge in [0.1, 0.15) is 5.75 Å². The van der Waals surface area contributed by atoms with Crippen LogP contribution >= 0.6 is 0 Å². The summed E-state index contributed by atoms with van der Waals surface area (Å²) in [4.78, 5) is 26.2. The van der Waals surface area contributed by atoms with E-state index in [0.29, 0.717) is 12.1 Å². The molecular formula is C23H26N2O3. The van der Waals surface area contributed by atoms with Crippen molar-refractivity contribution in [2.75, 3.05) is 16.8 Å². The van der Waals surface area contributed by atoms with Crippen LogP contribution in [0.2, 0.25) is 0 Å². The molecular weight excluding hydrogens is 352 g/mol. The van der Waals surface area contributed by atoms with E-state index in [1.165, 1.54) is 24.0 Å². The first-order valence-corrected chi connectivity index (χ1v) is 10.1. The van der Waals surface area contributed by atoms with Gasteiger partial charge in [-0.1, -0.05) is 12.1 Å². The van der Waals surface area contributed by atoms with Gasteiger partial charge in [-0.3, -0.25) is 9.59 Å². The van der Waals surface area contributed by atoms with E-state index < -0.39 is 6.10 Å². The Morgan fingerprint density at radius 3 is 2.57 bits per heavy atom. The van der Waals surface area contributed by atoms with Crippen molar-refractivity contribution in [2.24, 2.45) is 0 Å². The molecule has 0 spiro atoms. The number of carbonyl (C=O) groups excluding carboxylic acids is 2. The molecule has 2 aromatic rings. The Kier molecular flexibility index (Phi) is 5.33. The van der Waals surface area contributed by atoms with E-state index in [1.807, 2.05) is 36.4 Å². The fourth-order valence-corrected chi connectivity index (χ4v) is 3.99. The Bertz CT molecular complexity index is 876. The van der Waals surface area contributed by atoms with Gasteiger partial charge in [-0.2, -0.15) is 0 Å². The smallest absolute Gasteiger partial charge is 0.265 e. The number of aryl methyl sites for hydroxylation is 1. The summed E-state index contributed by atoms with van der Waals surface area (Å²) in [6, 6.07) is 13.5. The maximum absolute atomic E-state index is 12.6. The predicted octanol–water partition coefficient (Wildman–Crippen LogP) is 4.10. The lowest BCUT2D eigenvalue weighted by Crippen LogP contribution is -2.30. The molecule has 0 unspecified atom stereocenters. The van der Waals surface area contributed by atoms with Crippen LogP contribution in [0.25, 0.3) is 0 Å². The minimum atomic E-state index is -0.590. The summed E-state index contributed by atoms with van der Waals surface area (Å²) in [5, 5.41) is 2.90. The van der Waals surface area contributed by atoms with Gasteiger partial charge in [0.05, 0.1) is 0 Å². The van der Waals surface area contributed by atoms with E-state index in [0.717, 1.165) is 37.2 Å². The fraction of sp³-hybridized carbons (Fsp3) is 0.391. The SMILES string of the molecule is C[C@H](Oc1cccc2c1CCCC2)C(=O)Nc1ccc(N2CCCC2=O)cc1. The molecule has 1 heterocycles. The molecule has 28 heavy (non-hydrogen) atoms. The van der Waals surface area contributed by atoms with E-state index in [9.17, 15) is 9.59 Å². The topological polar surface area (TPSA) is 58.6 Å². The van der Waals surface area contributed by atoms with Gasteiger partial charge in [0.25, 0.3) is 5.91 Å². The molecule has 1 saturated heterocycles. The van der Waals surface area contributed by atoms with E-state index in [-0.39, 0.29) is 11.8 Å². The van der Waals surface area contributed by atoms with Gasteiger partial charge in [-0.05, 0) is 80.5 Å². The monoisotopic (exact) mass is 378 g/mol. The zero-order valence-corrected chi connectivity index (χ0v) is 16.2. The summed E-state index contributed by atoms with van der Waals surface area (Å²) in [5.74, 6) is 0.797. The second-order valence-corrected chi connectivity index (χ2v) is 7.55. The summed E-state index contributed by atoms with van der Waals surface area (Å²) in [6.45, 7) is 2.53. The Labute approximate surface area is 165 Å². The number of anilines is 2.